The van der Waals surface area contributed by atoms with E-state index in [9.17, 15) is 4.79 Å². The van der Waals surface area contributed by atoms with Crippen LogP contribution in [0.4, 0.5) is 0 Å². The fourth-order valence-electron chi connectivity index (χ4n) is 1.49. The van der Waals surface area contributed by atoms with Gasteiger partial charge in [0.1, 0.15) is 0 Å². The molecule has 0 fully saturated rings. The van der Waals surface area contributed by atoms with Gasteiger partial charge < -0.3 is 15.8 Å². The fraction of sp³-hybridized carbons (Fsp3) is 0.917. The van der Waals surface area contributed by atoms with E-state index in [2.05, 4.69) is 19.2 Å². The average molecular weight is 230 g/mol. The lowest BCUT2D eigenvalue weighted by Gasteiger charge is -2.25. The van der Waals surface area contributed by atoms with Crippen LogP contribution in [0.3, 0.4) is 0 Å². The number of hydrogen-bond acceptors (Lipinski definition) is 3. The molecule has 3 N–H and O–H groups in total. The molecule has 0 aliphatic heterocycles. The van der Waals surface area contributed by atoms with Gasteiger partial charge in [-0.25, -0.2) is 0 Å². The van der Waals surface area contributed by atoms with Gasteiger partial charge in [0.2, 0.25) is 5.91 Å². The summed E-state index contributed by atoms with van der Waals surface area (Å²) in [4.78, 5) is 11.6. The van der Waals surface area contributed by atoms with Crippen molar-refractivity contribution in [2.45, 2.75) is 52.7 Å². The molecule has 0 aliphatic carbocycles. The first kappa shape index (κ1) is 15.4. The van der Waals surface area contributed by atoms with E-state index in [4.69, 9.17) is 10.5 Å². The second-order valence-electron chi connectivity index (χ2n) is 5.15. The SMILES string of the molecule is CCOC(C)(C)CNC(=O)[C@@H](N)CC(C)C. The Bertz CT molecular complexity index is 215. The molecular weight excluding hydrogens is 204 g/mol. The Morgan fingerprint density at radius 2 is 2.00 bits per heavy atom. The van der Waals surface area contributed by atoms with Crippen LogP contribution in [-0.4, -0.2) is 30.7 Å². The highest BCUT2D eigenvalue weighted by atomic mass is 16.5. The van der Waals surface area contributed by atoms with Crippen LogP contribution in [0.2, 0.25) is 0 Å². The first-order valence-corrected chi connectivity index (χ1v) is 5.95. The Labute approximate surface area is 98.9 Å². The fourth-order valence-corrected chi connectivity index (χ4v) is 1.49. The summed E-state index contributed by atoms with van der Waals surface area (Å²) in [5, 5.41) is 2.82. The molecule has 0 unspecified atom stereocenters. The molecule has 0 saturated carbocycles. The molecule has 0 radical (unpaired) electrons. The minimum Gasteiger partial charge on any atom is -0.374 e. The van der Waals surface area contributed by atoms with Crippen LogP contribution in [0.15, 0.2) is 0 Å². The van der Waals surface area contributed by atoms with E-state index < -0.39 is 6.04 Å². The van der Waals surface area contributed by atoms with Gasteiger partial charge in [-0.05, 0) is 33.1 Å². The van der Waals surface area contributed by atoms with Gasteiger partial charge in [-0.2, -0.15) is 0 Å². The van der Waals surface area contributed by atoms with E-state index in [1.807, 2.05) is 20.8 Å². The van der Waals surface area contributed by atoms with Gasteiger partial charge >= 0.3 is 0 Å². The molecule has 0 bridgehead atoms. The Balaban J connectivity index is 3.97. The molecule has 0 aromatic heterocycles. The smallest absolute Gasteiger partial charge is 0.237 e. The second-order valence-corrected chi connectivity index (χ2v) is 5.15. The zero-order valence-electron chi connectivity index (χ0n) is 11.2. The average Bonchev–Trinajstić information content (AvgIpc) is 2.13. The van der Waals surface area contributed by atoms with Crippen molar-refractivity contribution in [3.63, 3.8) is 0 Å². The topological polar surface area (TPSA) is 64.3 Å². The van der Waals surface area contributed by atoms with Crippen molar-refractivity contribution in [2.75, 3.05) is 13.2 Å². The molecule has 1 atom stereocenters. The van der Waals surface area contributed by atoms with Crippen LogP contribution in [-0.2, 0) is 9.53 Å². The zero-order valence-corrected chi connectivity index (χ0v) is 11.2. The maximum Gasteiger partial charge on any atom is 0.237 e. The lowest BCUT2D eigenvalue weighted by Crippen LogP contribution is -2.47. The monoisotopic (exact) mass is 230 g/mol. The summed E-state index contributed by atoms with van der Waals surface area (Å²) in [7, 11) is 0. The molecule has 0 aromatic rings. The number of carbonyl (C=O) groups is 1. The number of amides is 1. The molecular formula is C12H26N2O2. The maximum absolute atomic E-state index is 11.6. The standard InChI is InChI=1S/C12H26N2O2/c1-6-16-12(4,5)8-14-11(15)10(13)7-9(2)3/h9-10H,6-8,13H2,1-5H3,(H,14,15)/t10-/m0/s1. The molecule has 0 rings (SSSR count). The molecule has 1 amide bonds. The van der Waals surface area contributed by atoms with Crippen LogP contribution in [0.25, 0.3) is 0 Å². The van der Waals surface area contributed by atoms with E-state index in [1.165, 1.54) is 0 Å². The Morgan fingerprint density at radius 3 is 2.44 bits per heavy atom. The molecule has 4 heteroatoms. The van der Waals surface area contributed by atoms with Crippen LogP contribution in [0, 0.1) is 5.92 Å². The van der Waals surface area contributed by atoms with Crippen molar-refractivity contribution >= 4 is 5.91 Å². The Kier molecular flexibility index (Phi) is 6.60. The summed E-state index contributed by atoms with van der Waals surface area (Å²) in [6.07, 6.45) is 0.709. The summed E-state index contributed by atoms with van der Waals surface area (Å²) in [6, 6.07) is -0.419. The number of nitrogens with two attached hydrogens (primary N) is 1. The minimum atomic E-state index is -0.419. The van der Waals surface area contributed by atoms with E-state index in [-0.39, 0.29) is 11.5 Å². The van der Waals surface area contributed by atoms with Gasteiger partial charge in [0, 0.05) is 13.2 Å². The van der Waals surface area contributed by atoms with E-state index >= 15 is 0 Å². The van der Waals surface area contributed by atoms with E-state index in [0.717, 1.165) is 0 Å². The molecule has 0 heterocycles. The van der Waals surface area contributed by atoms with Crippen molar-refractivity contribution in [2.24, 2.45) is 11.7 Å². The Morgan fingerprint density at radius 1 is 1.44 bits per heavy atom. The lowest BCUT2D eigenvalue weighted by atomic mass is 10.0. The summed E-state index contributed by atoms with van der Waals surface area (Å²) >= 11 is 0. The van der Waals surface area contributed by atoms with Crippen LogP contribution in [0.1, 0.15) is 41.0 Å². The number of hydrogen-bond donors (Lipinski definition) is 2. The number of nitrogens with one attached hydrogen (secondary N) is 1. The maximum atomic E-state index is 11.6. The number of ether oxygens (including phenoxy) is 1. The van der Waals surface area contributed by atoms with Crippen molar-refractivity contribution in [1.82, 2.24) is 5.32 Å². The molecule has 0 aliphatic rings. The number of rotatable bonds is 7. The third-order valence-corrected chi connectivity index (χ3v) is 2.29. The van der Waals surface area contributed by atoms with Crippen molar-refractivity contribution < 1.29 is 9.53 Å². The largest absolute Gasteiger partial charge is 0.374 e. The number of carbonyl (C=O) groups excluding carboxylic acids is 1. The van der Waals surface area contributed by atoms with Gasteiger partial charge in [-0.15, -0.1) is 0 Å². The molecule has 4 nitrogen and oxygen atoms in total. The molecule has 0 saturated heterocycles. The highest BCUT2D eigenvalue weighted by Gasteiger charge is 2.21. The molecule has 16 heavy (non-hydrogen) atoms. The second kappa shape index (κ2) is 6.86. The first-order valence-electron chi connectivity index (χ1n) is 5.95. The van der Waals surface area contributed by atoms with Crippen molar-refractivity contribution in [1.29, 1.82) is 0 Å². The van der Waals surface area contributed by atoms with Gasteiger partial charge in [0.25, 0.3) is 0 Å². The predicted octanol–water partition coefficient (Wildman–Crippen LogP) is 1.29. The van der Waals surface area contributed by atoms with E-state index in [1.54, 1.807) is 0 Å². The highest BCUT2D eigenvalue weighted by molar-refractivity contribution is 5.81. The van der Waals surface area contributed by atoms with Gasteiger partial charge in [-0.3, -0.25) is 4.79 Å². The van der Waals surface area contributed by atoms with Crippen LogP contribution >= 0.6 is 0 Å². The Hall–Kier alpha value is -0.610. The third-order valence-electron chi connectivity index (χ3n) is 2.29. The summed E-state index contributed by atoms with van der Waals surface area (Å²) in [6.45, 7) is 11.1. The van der Waals surface area contributed by atoms with Gasteiger partial charge in [0.05, 0.1) is 11.6 Å². The quantitative estimate of drug-likeness (QED) is 0.692. The highest BCUT2D eigenvalue weighted by Crippen LogP contribution is 2.07. The van der Waals surface area contributed by atoms with Crippen molar-refractivity contribution in [3.8, 4) is 0 Å². The zero-order chi connectivity index (χ0) is 12.8. The minimum absolute atomic E-state index is 0.0959. The van der Waals surface area contributed by atoms with Crippen LogP contribution < -0.4 is 11.1 Å². The first-order chi connectivity index (χ1) is 7.28. The third kappa shape index (κ3) is 6.80. The molecule has 0 spiro atoms. The lowest BCUT2D eigenvalue weighted by molar-refractivity contribution is -0.124. The van der Waals surface area contributed by atoms with Gasteiger partial charge in [-0.1, -0.05) is 13.8 Å². The summed E-state index contributed by atoms with van der Waals surface area (Å²) < 4.78 is 5.49. The predicted molar refractivity (Wildman–Crippen MR) is 66.1 cm³/mol. The summed E-state index contributed by atoms with van der Waals surface area (Å²) in [5.74, 6) is 0.335. The van der Waals surface area contributed by atoms with Gasteiger partial charge in [0.15, 0.2) is 0 Å². The summed E-state index contributed by atoms with van der Waals surface area (Å²) in [5.41, 5.74) is 5.44. The normalized spacial score (nSPS) is 13.9. The van der Waals surface area contributed by atoms with E-state index in [0.29, 0.717) is 25.5 Å². The van der Waals surface area contributed by atoms with Crippen LogP contribution in [0.5, 0.6) is 0 Å². The molecule has 0 aromatic carbocycles. The van der Waals surface area contributed by atoms with Crippen molar-refractivity contribution in [3.05, 3.63) is 0 Å². The molecule has 96 valence electrons.